The highest BCUT2D eigenvalue weighted by molar-refractivity contribution is 6.09. The second-order valence-corrected chi connectivity index (χ2v) is 13.3. The molecule has 0 aliphatic carbocycles. The fourth-order valence-corrected chi connectivity index (χ4v) is 6.47. The molecule has 0 bridgehead atoms. The van der Waals surface area contributed by atoms with Crippen LogP contribution in [0.4, 0.5) is 0 Å². The molecule has 0 saturated heterocycles. The Hall–Kier alpha value is -5.16. The van der Waals surface area contributed by atoms with Crippen LogP contribution in [0.15, 0.2) is 103 Å². The summed E-state index contributed by atoms with van der Waals surface area (Å²) in [5.74, 6) is 2.45. The number of hydrogen-bond acceptors (Lipinski definition) is 3. The molecule has 0 spiro atoms. The average molecular weight is 605 g/mol. The van der Waals surface area contributed by atoms with Crippen LogP contribution < -0.4 is 4.74 Å². The maximum Gasteiger partial charge on any atom is 0.137 e. The van der Waals surface area contributed by atoms with Crippen LogP contribution in [0, 0.1) is 20.8 Å². The molecule has 46 heavy (non-hydrogen) atoms. The van der Waals surface area contributed by atoms with Gasteiger partial charge in [0.2, 0.25) is 0 Å². The predicted octanol–water partition coefficient (Wildman–Crippen LogP) is 10.6. The van der Waals surface area contributed by atoms with Gasteiger partial charge in [0.05, 0.1) is 22.4 Å². The minimum atomic E-state index is -0.0866. The quantitative estimate of drug-likeness (QED) is 0.190. The van der Waals surface area contributed by atoms with Crippen molar-refractivity contribution in [1.82, 2.24) is 19.3 Å². The number of ether oxygens (including phenoxy) is 1. The Morgan fingerprint density at radius 3 is 2.28 bits per heavy atom. The second-order valence-electron chi connectivity index (χ2n) is 13.3. The molecule has 0 radical (unpaired) electrons. The summed E-state index contributed by atoms with van der Waals surface area (Å²) in [6.07, 6.45) is 2.87. The summed E-state index contributed by atoms with van der Waals surface area (Å²) in [6, 6.07) is 34.3. The lowest BCUT2D eigenvalue weighted by atomic mass is 9.86. The van der Waals surface area contributed by atoms with Crippen LogP contribution >= 0.6 is 0 Å². The van der Waals surface area contributed by atoms with E-state index in [2.05, 4.69) is 143 Å². The van der Waals surface area contributed by atoms with Crippen LogP contribution in [-0.4, -0.2) is 19.3 Å². The van der Waals surface area contributed by atoms with Gasteiger partial charge in [0.25, 0.3) is 0 Å². The molecule has 0 fully saturated rings. The topological polar surface area (TPSA) is 44.9 Å². The second kappa shape index (κ2) is 11.3. The lowest BCUT2D eigenvalue weighted by molar-refractivity contribution is 0.478. The largest absolute Gasteiger partial charge is 0.457 e. The molecule has 4 aromatic carbocycles. The first-order chi connectivity index (χ1) is 22.1. The number of aryl methyl sites for hydroxylation is 3. The van der Waals surface area contributed by atoms with Gasteiger partial charge in [0.15, 0.2) is 0 Å². The number of rotatable bonds is 6. The third-order valence-electron chi connectivity index (χ3n) is 8.93. The van der Waals surface area contributed by atoms with Gasteiger partial charge in [0.1, 0.15) is 17.3 Å². The van der Waals surface area contributed by atoms with Gasteiger partial charge < -0.3 is 4.74 Å². The van der Waals surface area contributed by atoms with Gasteiger partial charge in [-0.2, -0.15) is 5.10 Å². The molecule has 3 heterocycles. The monoisotopic (exact) mass is 604 g/mol. The van der Waals surface area contributed by atoms with E-state index in [1.54, 1.807) is 0 Å². The lowest BCUT2D eigenvalue weighted by Crippen LogP contribution is -2.12. The number of nitrogens with zero attached hydrogens (tertiary/aromatic N) is 4. The Labute approximate surface area is 271 Å². The molecule has 0 unspecified atom stereocenters. The molecule has 0 aliphatic rings. The zero-order chi connectivity index (χ0) is 32.2. The van der Waals surface area contributed by atoms with E-state index < -0.39 is 0 Å². The van der Waals surface area contributed by atoms with Crippen molar-refractivity contribution in [2.45, 2.75) is 60.3 Å². The SMILES string of the molecule is CCc1ccc2c(c1)c1ccc(Oc3cc(-n4nc(C)c(-c5ccccc5)c4C)cc(C(C)(C)C)c3)cc1n2-c1cc(C)ccn1. The van der Waals surface area contributed by atoms with Crippen molar-refractivity contribution in [2.24, 2.45) is 0 Å². The third kappa shape index (κ3) is 5.26. The van der Waals surface area contributed by atoms with Crippen molar-refractivity contribution >= 4 is 21.8 Å². The molecule has 230 valence electrons. The van der Waals surface area contributed by atoms with Gasteiger partial charge >= 0.3 is 0 Å². The maximum atomic E-state index is 6.73. The lowest BCUT2D eigenvalue weighted by Gasteiger charge is -2.22. The van der Waals surface area contributed by atoms with Crippen LogP contribution in [0.5, 0.6) is 11.5 Å². The van der Waals surface area contributed by atoms with Gasteiger partial charge in [-0.25, -0.2) is 9.67 Å². The number of pyridine rings is 1. The Bertz CT molecular complexity index is 2230. The first-order valence-electron chi connectivity index (χ1n) is 16.1. The zero-order valence-electron chi connectivity index (χ0n) is 27.7. The van der Waals surface area contributed by atoms with Crippen molar-refractivity contribution in [3.05, 3.63) is 131 Å². The highest BCUT2D eigenvalue weighted by atomic mass is 16.5. The molecule has 0 atom stereocenters. The Morgan fingerprint density at radius 2 is 1.54 bits per heavy atom. The van der Waals surface area contributed by atoms with Crippen molar-refractivity contribution in [1.29, 1.82) is 0 Å². The molecular weight excluding hydrogens is 564 g/mol. The third-order valence-corrected chi connectivity index (χ3v) is 8.93. The fourth-order valence-electron chi connectivity index (χ4n) is 6.47. The molecule has 7 rings (SSSR count). The first kappa shape index (κ1) is 29.5. The van der Waals surface area contributed by atoms with E-state index in [1.165, 1.54) is 38.6 Å². The predicted molar refractivity (Wildman–Crippen MR) is 190 cm³/mol. The van der Waals surface area contributed by atoms with Crippen LogP contribution in [-0.2, 0) is 11.8 Å². The summed E-state index contributed by atoms with van der Waals surface area (Å²) < 4.78 is 11.0. The van der Waals surface area contributed by atoms with E-state index in [4.69, 9.17) is 14.8 Å². The molecule has 5 nitrogen and oxygen atoms in total. The maximum absolute atomic E-state index is 6.73. The van der Waals surface area contributed by atoms with Gasteiger partial charge in [0, 0.05) is 40.4 Å². The van der Waals surface area contributed by atoms with E-state index in [9.17, 15) is 0 Å². The Kier molecular flexibility index (Phi) is 7.28. The number of aromatic nitrogens is 4. The van der Waals surface area contributed by atoms with Crippen LogP contribution in [0.25, 0.3) is 44.4 Å². The van der Waals surface area contributed by atoms with Crippen molar-refractivity contribution in [2.75, 3.05) is 0 Å². The van der Waals surface area contributed by atoms with E-state index in [0.29, 0.717) is 0 Å². The molecule has 5 heteroatoms. The molecular formula is C41H40N4O. The summed E-state index contributed by atoms with van der Waals surface area (Å²) in [5.41, 5.74) is 11.2. The normalized spacial score (nSPS) is 11.9. The van der Waals surface area contributed by atoms with E-state index in [1.807, 2.05) is 18.3 Å². The molecule has 0 N–H and O–H groups in total. The van der Waals surface area contributed by atoms with Crippen LogP contribution in [0.3, 0.4) is 0 Å². The summed E-state index contributed by atoms with van der Waals surface area (Å²) in [7, 11) is 0. The van der Waals surface area contributed by atoms with Gasteiger partial charge in [-0.15, -0.1) is 0 Å². The Balaban J connectivity index is 1.36. The highest BCUT2D eigenvalue weighted by Gasteiger charge is 2.21. The molecule has 7 aromatic rings. The van der Waals surface area contributed by atoms with Crippen LogP contribution in [0.1, 0.15) is 55.8 Å². The Morgan fingerprint density at radius 1 is 0.739 bits per heavy atom. The van der Waals surface area contributed by atoms with Gasteiger partial charge in [-0.3, -0.25) is 4.57 Å². The minimum absolute atomic E-state index is 0.0866. The highest BCUT2D eigenvalue weighted by Crippen LogP contribution is 2.38. The van der Waals surface area contributed by atoms with Crippen LogP contribution in [0.2, 0.25) is 0 Å². The fraction of sp³-hybridized carbons (Fsp3) is 0.220. The molecule has 0 saturated carbocycles. The van der Waals surface area contributed by atoms with Crippen molar-refractivity contribution in [3.63, 3.8) is 0 Å². The first-order valence-corrected chi connectivity index (χ1v) is 16.1. The van der Waals surface area contributed by atoms with E-state index in [-0.39, 0.29) is 5.41 Å². The van der Waals surface area contributed by atoms with E-state index in [0.717, 1.165) is 51.8 Å². The summed E-state index contributed by atoms with van der Waals surface area (Å²) in [5, 5.41) is 7.41. The summed E-state index contributed by atoms with van der Waals surface area (Å²) in [6.45, 7) is 15.2. The number of hydrogen-bond donors (Lipinski definition) is 0. The summed E-state index contributed by atoms with van der Waals surface area (Å²) in [4.78, 5) is 4.77. The minimum Gasteiger partial charge on any atom is -0.457 e. The average Bonchev–Trinajstić information content (AvgIpc) is 3.52. The van der Waals surface area contributed by atoms with Crippen molar-refractivity contribution in [3.8, 4) is 34.1 Å². The van der Waals surface area contributed by atoms with Crippen molar-refractivity contribution < 1.29 is 4.74 Å². The number of fused-ring (bicyclic) bond motifs is 3. The molecule has 3 aromatic heterocycles. The zero-order valence-corrected chi connectivity index (χ0v) is 27.7. The van der Waals surface area contributed by atoms with Gasteiger partial charge in [-0.1, -0.05) is 64.1 Å². The molecule has 0 aliphatic heterocycles. The molecule has 0 amide bonds. The smallest absolute Gasteiger partial charge is 0.137 e. The van der Waals surface area contributed by atoms with E-state index >= 15 is 0 Å². The van der Waals surface area contributed by atoms with Gasteiger partial charge in [-0.05, 0) is 103 Å². The standard InChI is InChI=1S/C41H40N4O/c1-8-29-14-17-37-36(21-29)35-16-15-33(25-38(35)44(37)39-20-26(2)18-19-42-39)46-34-23-31(41(5,6)7)22-32(24-34)45-28(4)40(27(3)43-45)30-12-10-9-11-13-30/h9-25H,8H2,1-7H3. The summed E-state index contributed by atoms with van der Waals surface area (Å²) >= 11 is 0. The number of benzene rings is 4.